The molecule has 1 aromatic rings. The standard InChI is InChI=1S/C13H19FN2O3S/c14-12-8-10(9-15)3-4-13(12)20(17,18)16-6-5-11-2-1-7-19-11/h3-4,8,11,16H,1-2,5-7,9,15H2. The number of rotatable bonds is 6. The third kappa shape index (κ3) is 3.76. The third-order valence-corrected chi connectivity index (χ3v) is 4.80. The van der Waals surface area contributed by atoms with Crippen molar-refractivity contribution in [2.75, 3.05) is 13.2 Å². The van der Waals surface area contributed by atoms with Crippen LogP contribution in [0.25, 0.3) is 0 Å². The van der Waals surface area contributed by atoms with Gasteiger partial charge >= 0.3 is 0 Å². The van der Waals surface area contributed by atoms with Crippen molar-refractivity contribution in [2.24, 2.45) is 5.73 Å². The van der Waals surface area contributed by atoms with Gasteiger partial charge in [-0.3, -0.25) is 0 Å². The molecule has 0 bridgehead atoms. The van der Waals surface area contributed by atoms with Crippen molar-refractivity contribution in [2.45, 2.75) is 36.8 Å². The first-order valence-electron chi connectivity index (χ1n) is 6.62. The van der Waals surface area contributed by atoms with Crippen molar-refractivity contribution in [1.82, 2.24) is 4.72 Å². The van der Waals surface area contributed by atoms with Crippen LogP contribution in [0.5, 0.6) is 0 Å². The summed E-state index contributed by atoms with van der Waals surface area (Å²) >= 11 is 0. The quantitative estimate of drug-likeness (QED) is 0.825. The zero-order chi connectivity index (χ0) is 14.6. The largest absolute Gasteiger partial charge is 0.378 e. The Labute approximate surface area is 118 Å². The maximum Gasteiger partial charge on any atom is 0.243 e. The summed E-state index contributed by atoms with van der Waals surface area (Å²) in [5.74, 6) is -0.780. The van der Waals surface area contributed by atoms with E-state index in [1.165, 1.54) is 12.1 Å². The molecule has 0 aromatic heterocycles. The van der Waals surface area contributed by atoms with Crippen molar-refractivity contribution in [3.8, 4) is 0 Å². The van der Waals surface area contributed by atoms with Crippen molar-refractivity contribution >= 4 is 10.0 Å². The van der Waals surface area contributed by atoms with E-state index >= 15 is 0 Å². The fourth-order valence-corrected chi connectivity index (χ4v) is 3.30. The van der Waals surface area contributed by atoms with Crippen molar-refractivity contribution in [1.29, 1.82) is 0 Å². The molecule has 1 aliphatic heterocycles. The smallest absolute Gasteiger partial charge is 0.243 e. The zero-order valence-corrected chi connectivity index (χ0v) is 12.0. The van der Waals surface area contributed by atoms with Gasteiger partial charge in [0.1, 0.15) is 10.7 Å². The van der Waals surface area contributed by atoms with Gasteiger partial charge in [-0.25, -0.2) is 17.5 Å². The van der Waals surface area contributed by atoms with Crippen LogP contribution in [-0.2, 0) is 21.3 Å². The van der Waals surface area contributed by atoms with Crippen LogP contribution in [-0.4, -0.2) is 27.7 Å². The second-order valence-corrected chi connectivity index (χ2v) is 6.53. The monoisotopic (exact) mass is 302 g/mol. The molecule has 0 saturated carbocycles. The highest BCUT2D eigenvalue weighted by atomic mass is 32.2. The van der Waals surface area contributed by atoms with Gasteiger partial charge in [0.05, 0.1) is 6.10 Å². The molecule has 20 heavy (non-hydrogen) atoms. The van der Waals surface area contributed by atoms with Gasteiger partial charge in [0, 0.05) is 19.7 Å². The first-order chi connectivity index (χ1) is 9.53. The van der Waals surface area contributed by atoms with E-state index in [2.05, 4.69) is 4.72 Å². The van der Waals surface area contributed by atoms with E-state index in [0.717, 1.165) is 25.5 Å². The highest BCUT2D eigenvalue weighted by molar-refractivity contribution is 7.89. The van der Waals surface area contributed by atoms with Gasteiger partial charge < -0.3 is 10.5 Å². The van der Waals surface area contributed by atoms with Crippen molar-refractivity contribution in [3.63, 3.8) is 0 Å². The van der Waals surface area contributed by atoms with Crippen molar-refractivity contribution in [3.05, 3.63) is 29.6 Å². The van der Waals surface area contributed by atoms with Gasteiger partial charge in [-0.15, -0.1) is 0 Å². The molecule has 1 fully saturated rings. The maximum absolute atomic E-state index is 13.8. The fourth-order valence-electron chi connectivity index (χ4n) is 2.19. The lowest BCUT2D eigenvalue weighted by molar-refractivity contribution is 0.105. The Morgan fingerprint density at radius 1 is 1.45 bits per heavy atom. The number of hydrogen-bond acceptors (Lipinski definition) is 4. The average Bonchev–Trinajstić information content (AvgIpc) is 2.91. The summed E-state index contributed by atoms with van der Waals surface area (Å²) in [6.07, 6.45) is 2.65. The van der Waals surface area contributed by atoms with E-state index < -0.39 is 15.8 Å². The van der Waals surface area contributed by atoms with Crippen LogP contribution >= 0.6 is 0 Å². The second kappa shape index (κ2) is 6.62. The van der Waals surface area contributed by atoms with Gasteiger partial charge in [0.25, 0.3) is 0 Å². The van der Waals surface area contributed by atoms with Crippen LogP contribution in [0.4, 0.5) is 4.39 Å². The molecule has 1 atom stereocenters. The van der Waals surface area contributed by atoms with Crippen LogP contribution in [0.2, 0.25) is 0 Å². The number of benzene rings is 1. The highest BCUT2D eigenvalue weighted by Gasteiger charge is 2.20. The van der Waals surface area contributed by atoms with E-state index in [9.17, 15) is 12.8 Å². The summed E-state index contributed by atoms with van der Waals surface area (Å²) in [5, 5.41) is 0. The number of nitrogens with one attached hydrogen (secondary N) is 1. The van der Waals surface area contributed by atoms with Crippen LogP contribution < -0.4 is 10.5 Å². The average molecular weight is 302 g/mol. The Morgan fingerprint density at radius 2 is 2.25 bits per heavy atom. The topological polar surface area (TPSA) is 81.4 Å². The summed E-state index contributed by atoms with van der Waals surface area (Å²) in [5.41, 5.74) is 5.94. The minimum atomic E-state index is -3.83. The molecule has 1 heterocycles. The molecule has 2 rings (SSSR count). The van der Waals surface area contributed by atoms with E-state index in [1.807, 2.05) is 0 Å². The van der Waals surface area contributed by atoms with Gasteiger partial charge in [-0.05, 0) is 37.0 Å². The first-order valence-corrected chi connectivity index (χ1v) is 8.11. The summed E-state index contributed by atoms with van der Waals surface area (Å²) < 4.78 is 45.6. The third-order valence-electron chi connectivity index (χ3n) is 3.30. The lowest BCUT2D eigenvalue weighted by Crippen LogP contribution is -2.28. The van der Waals surface area contributed by atoms with E-state index in [0.29, 0.717) is 12.0 Å². The molecule has 1 unspecified atom stereocenters. The van der Waals surface area contributed by atoms with Gasteiger partial charge in [0.2, 0.25) is 10.0 Å². The molecule has 7 heteroatoms. The normalized spacial score (nSPS) is 19.4. The molecule has 1 aliphatic rings. The molecule has 3 N–H and O–H groups in total. The molecule has 0 aliphatic carbocycles. The minimum absolute atomic E-state index is 0.0992. The first kappa shape index (κ1) is 15.4. The van der Waals surface area contributed by atoms with Gasteiger partial charge in [-0.2, -0.15) is 0 Å². The van der Waals surface area contributed by atoms with E-state index in [4.69, 9.17) is 10.5 Å². The van der Waals surface area contributed by atoms with Crippen molar-refractivity contribution < 1.29 is 17.5 Å². The highest BCUT2D eigenvalue weighted by Crippen LogP contribution is 2.17. The van der Waals surface area contributed by atoms with Crippen LogP contribution in [0.1, 0.15) is 24.8 Å². The minimum Gasteiger partial charge on any atom is -0.378 e. The Hall–Kier alpha value is -1.02. The molecule has 1 aromatic carbocycles. The summed E-state index contributed by atoms with van der Waals surface area (Å²) in [6, 6.07) is 3.90. The molecule has 0 amide bonds. The summed E-state index contributed by atoms with van der Waals surface area (Å²) in [7, 11) is -3.83. The molecular weight excluding hydrogens is 283 g/mol. The van der Waals surface area contributed by atoms with E-state index in [-0.39, 0.29) is 24.1 Å². The molecule has 0 radical (unpaired) electrons. The van der Waals surface area contributed by atoms with Crippen LogP contribution in [0, 0.1) is 5.82 Å². The molecule has 5 nitrogen and oxygen atoms in total. The van der Waals surface area contributed by atoms with Crippen LogP contribution in [0.15, 0.2) is 23.1 Å². The fraction of sp³-hybridized carbons (Fsp3) is 0.538. The number of ether oxygens (including phenoxy) is 1. The second-order valence-electron chi connectivity index (χ2n) is 4.79. The number of hydrogen-bond donors (Lipinski definition) is 2. The van der Waals surface area contributed by atoms with E-state index in [1.54, 1.807) is 0 Å². The molecule has 112 valence electrons. The SMILES string of the molecule is NCc1ccc(S(=O)(=O)NCCC2CCCO2)c(F)c1. The molecule has 1 saturated heterocycles. The number of halogens is 1. The Morgan fingerprint density at radius 3 is 2.85 bits per heavy atom. The summed E-state index contributed by atoms with van der Waals surface area (Å²) in [6.45, 7) is 1.14. The number of nitrogens with two attached hydrogens (primary N) is 1. The van der Waals surface area contributed by atoms with Crippen LogP contribution in [0.3, 0.4) is 0 Å². The predicted molar refractivity (Wildman–Crippen MR) is 73.1 cm³/mol. The predicted octanol–water partition coefficient (Wildman–Crippen LogP) is 1.13. The Kier molecular flexibility index (Phi) is 5.09. The lowest BCUT2D eigenvalue weighted by Gasteiger charge is -2.11. The Bertz CT molecular complexity index is 557. The lowest BCUT2D eigenvalue weighted by atomic mass is 10.2. The number of sulfonamides is 1. The molecular formula is C13H19FN2O3S. The van der Waals surface area contributed by atoms with Gasteiger partial charge in [-0.1, -0.05) is 6.07 Å². The zero-order valence-electron chi connectivity index (χ0n) is 11.1. The van der Waals surface area contributed by atoms with Gasteiger partial charge in [0.15, 0.2) is 0 Å². The maximum atomic E-state index is 13.8. The molecule has 0 spiro atoms. The Balaban J connectivity index is 1.98. The summed E-state index contributed by atoms with van der Waals surface area (Å²) in [4.78, 5) is -0.345.